The fourth-order valence-electron chi connectivity index (χ4n) is 2.59. The van der Waals surface area contributed by atoms with Crippen LogP contribution in [0.4, 0.5) is 5.69 Å². The molecule has 3 aromatic rings. The van der Waals surface area contributed by atoms with E-state index in [2.05, 4.69) is 5.32 Å². The van der Waals surface area contributed by atoms with E-state index >= 15 is 0 Å². The highest BCUT2D eigenvalue weighted by Gasteiger charge is 2.12. The minimum Gasteiger partial charge on any atom is -0.486 e. The molecule has 0 atom stereocenters. The lowest BCUT2D eigenvalue weighted by Gasteiger charge is -2.13. The van der Waals surface area contributed by atoms with Crippen LogP contribution < -0.4 is 10.1 Å². The zero-order valence-electron chi connectivity index (χ0n) is 14.6. The number of carbonyl (C=O) groups is 1. The first kappa shape index (κ1) is 20.3. The van der Waals surface area contributed by atoms with Gasteiger partial charge in [-0.25, -0.2) is 4.79 Å². The molecule has 0 spiro atoms. The maximum absolute atomic E-state index is 11.2. The first-order valence-corrected chi connectivity index (χ1v) is 9.49. The average Bonchev–Trinajstić information content (AvgIpc) is 2.67. The Morgan fingerprint density at radius 2 is 1.57 bits per heavy atom. The van der Waals surface area contributed by atoms with E-state index in [1.54, 1.807) is 18.2 Å². The monoisotopic (exact) mass is 435 g/mol. The number of ether oxygens (including phenoxy) is 1. The van der Waals surface area contributed by atoms with Crippen LogP contribution in [0.2, 0.25) is 15.1 Å². The summed E-state index contributed by atoms with van der Waals surface area (Å²) >= 11 is 18.6. The predicted molar refractivity (Wildman–Crippen MR) is 113 cm³/mol. The molecular formula is C21H16Cl3NO3. The molecule has 0 aliphatic rings. The lowest BCUT2D eigenvalue weighted by molar-refractivity contribution is 0.0697. The van der Waals surface area contributed by atoms with Crippen molar-refractivity contribution in [2.75, 3.05) is 5.32 Å². The molecule has 7 heteroatoms. The van der Waals surface area contributed by atoms with Crippen LogP contribution in [0.3, 0.4) is 0 Å². The van der Waals surface area contributed by atoms with Crippen molar-refractivity contribution < 1.29 is 14.6 Å². The second-order valence-electron chi connectivity index (χ2n) is 6.02. The highest BCUT2D eigenvalue weighted by molar-refractivity contribution is 6.37. The number of hydrogen-bond acceptors (Lipinski definition) is 3. The Morgan fingerprint density at radius 1 is 0.893 bits per heavy atom. The van der Waals surface area contributed by atoms with E-state index in [0.717, 1.165) is 11.1 Å². The molecule has 0 aromatic heterocycles. The van der Waals surface area contributed by atoms with Crippen molar-refractivity contribution >= 4 is 46.5 Å². The van der Waals surface area contributed by atoms with Crippen molar-refractivity contribution in [1.82, 2.24) is 0 Å². The normalized spacial score (nSPS) is 10.5. The fourth-order valence-corrected chi connectivity index (χ4v) is 3.43. The average molecular weight is 437 g/mol. The Labute approximate surface area is 177 Å². The molecule has 0 fully saturated rings. The van der Waals surface area contributed by atoms with Gasteiger partial charge in [0.15, 0.2) is 5.75 Å². The summed E-state index contributed by atoms with van der Waals surface area (Å²) in [6.07, 6.45) is 0. The molecule has 0 radical (unpaired) electrons. The molecule has 0 heterocycles. The predicted octanol–water partition coefficient (Wildman–Crippen LogP) is 6.54. The molecular weight excluding hydrogens is 421 g/mol. The third-order valence-corrected chi connectivity index (χ3v) is 4.87. The van der Waals surface area contributed by atoms with E-state index in [4.69, 9.17) is 44.6 Å². The van der Waals surface area contributed by atoms with Crippen LogP contribution in [0, 0.1) is 0 Å². The SMILES string of the molecule is O=C(O)c1cc(NCc2cc(Cl)c(OCc3ccccc3)c(Cl)c2)ccc1Cl. The van der Waals surface area contributed by atoms with E-state index in [9.17, 15) is 4.79 Å². The number of benzene rings is 3. The molecule has 0 bridgehead atoms. The van der Waals surface area contributed by atoms with Crippen LogP contribution >= 0.6 is 34.8 Å². The summed E-state index contributed by atoms with van der Waals surface area (Å²) in [6, 6.07) is 17.9. The smallest absolute Gasteiger partial charge is 0.337 e. The maximum Gasteiger partial charge on any atom is 0.337 e. The molecule has 0 unspecified atom stereocenters. The van der Waals surface area contributed by atoms with Crippen LogP contribution in [0.1, 0.15) is 21.5 Å². The van der Waals surface area contributed by atoms with Gasteiger partial charge in [-0.2, -0.15) is 0 Å². The number of carboxylic acid groups (broad SMARTS) is 1. The number of aromatic carboxylic acids is 1. The molecule has 28 heavy (non-hydrogen) atoms. The van der Waals surface area contributed by atoms with E-state index in [1.807, 2.05) is 30.3 Å². The van der Waals surface area contributed by atoms with Gasteiger partial charge in [-0.15, -0.1) is 0 Å². The fraction of sp³-hybridized carbons (Fsp3) is 0.0952. The zero-order chi connectivity index (χ0) is 20.1. The lowest BCUT2D eigenvalue weighted by atomic mass is 10.1. The maximum atomic E-state index is 11.2. The van der Waals surface area contributed by atoms with E-state index < -0.39 is 5.97 Å². The van der Waals surface area contributed by atoms with Gasteiger partial charge in [0.05, 0.1) is 20.6 Å². The van der Waals surface area contributed by atoms with E-state index in [-0.39, 0.29) is 10.6 Å². The summed E-state index contributed by atoms with van der Waals surface area (Å²) in [5, 5.41) is 13.3. The van der Waals surface area contributed by atoms with Gasteiger partial charge in [0.25, 0.3) is 0 Å². The lowest BCUT2D eigenvalue weighted by Crippen LogP contribution is -2.03. The first-order chi connectivity index (χ1) is 13.4. The molecule has 0 aliphatic heterocycles. The minimum absolute atomic E-state index is 0.0346. The van der Waals surface area contributed by atoms with Crippen molar-refractivity contribution in [3.63, 3.8) is 0 Å². The molecule has 3 aromatic carbocycles. The molecule has 2 N–H and O–H groups in total. The zero-order valence-corrected chi connectivity index (χ0v) is 16.9. The number of rotatable bonds is 7. The molecule has 0 amide bonds. The van der Waals surface area contributed by atoms with Gasteiger partial charge >= 0.3 is 5.97 Å². The third-order valence-electron chi connectivity index (χ3n) is 3.98. The number of anilines is 1. The highest BCUT2D eigenvalue weighted by Crippen LogP contribution is 2.35. The highest BCUT2D eigenvalue weighted by atomic mass is 35.5. The van der Waals surface area contributed by atoms with Crippen LogP contribution in [-0.2, 0) is 13.2 Å². The summed E-state index contributed by atoms with van der Waals surface area (Å²) in [5.41, 5.74) is 2.50. The van der Waals surface area contributed by atoms with Crippen LogP contribution in [0.25, 0.3) is 0 Å². The van der Waals surface area contributed by atoms with Gasteiger partial charge < -0.3 is 15.2 Å². The van der Waals surface area contributed by atoms with E-state index in [1.165, 1.54) is 12.1 Å². The summed E-state index contributed by atoms with van der Waals surface area (Å²) in [7, 11) is 0. The summed E-state index contributed by atoms with van der Waals surface area (Å²) in [6.45, 7) is 0.764. The van der Waals surface area contributed by atoms with Gasteiger partial charge in [0.1, 0.15) is 6.61 Å². The second kappa shape index (κ2) is 9.20. The van der Waals surface area contributed by atoms with Gasteiger partial charge in [-0.05, 0) is 41.5 Å². The number of halogens is 3. The Morgan fingerprint density at radius 3 is 2.21 bits per heavy atom. The molecule has 0 saturated heterocycles. The number of carboxylic acids is 1. The Kier molecular flexibility index (Phi) is 6.68. The van der Waals surface area contributed by atoms with E-state index in [0.29, 0.717) is 34.6 Å². The third kappa shape index (κ3) is 5.10. The van der Waals surface area contributed by atoms with Crippen LogP contribution in [0.5, 0.6) is 5.75 Å². The largest absolute Gasteiger partial charge is 0.486 e. The number of hydrogen-bond donors (Lipinski definition) is 2. The standard InChI is InChI=1S/C21H16Cl3NO3/c22-17-7-6-15(10-16(17)21(26)27)25-11-14-8-18(23)20(19(24)9-14)28-12-13-4-2-1-3-5-13/h1-10,25H,11-12H2,(H,26,27). The summed E-state index contributed by atoms with van der Waals surface area (Å²) in [5.74, 6) is -0.657. The van der Waals surface area contributed by atoms with Gasteiger partial charge in [-0.3, -0.25) is 0 Å². The second-order valence-corrected chi connectivity index (χ2v) is 7.24. The number of nitrogens with one attached hydrogen (secondary N) is 1. The van der Waals surface area contributed by atoms with Crippen molar-refractivity contribution in [3.05, 3.63) is 92.4 Å². The van der Waals surface area contributed by atoms with Gasteiger partial charge in [-0.1, -0.05) is 65.1 Å². The van der Waals surface area contributed by atoms with Crippen LogP contribution in [0.15, 0.2) is 60.7 Å². The van der Waals surface area contributed by atoms with Crippen molar-refractivity contribution in [1.29, 1.82) is 0 Å². The topological polar surface area (TPSA) is 58.6 Å². The molecule has 4 nitrogen and oxygen atoms in total. The van der Waals surface area contributed by atoms with Gasteiger partial charge in [0, 0.05) is 12.2 Å². The Balaban J connectivity index is 1.69. The molecule has 0 saturated carbocycles. The van der Waals surface area contributed by atoms with Crippen molar-refractivity contribution in [2.24, 2.45) is 0 Å². The summed E-state index contributed by atoms with van der Waals surface area (Å²) in [4.78, 5) is 11.2. The van der Waals surface area contributed by atoms with Crippen LogP contribution in [-0.4, -0.2) is 11.1 Å². The molecule has 0 aliphatic carbocycles. The van der Waals surface area contributed by atoms with Gasteiger partial charge in [0.2, 0.25) is 0 Å². The minimum atomic E-state index is -1.08. The molecule has 3 rings (SSSR count). The quantitative estimate of drug-likeness (QED) is 0.442. The Hall–Kier alpha value is -2.40. The Bertz CT molecular complexity index is 970. The summed E-state index contributed by atoms with van der Waals surface area (Å²) < 4.78 is 5.76. The van der Waals surface area contributed by atoms with Crippen molar-refractivity contribution in [2.45, 2.75) is 13.2 Å². The first-order valence-electron chi connectivity index (χ1n) is 8.35. The van der Waals surface area contributed by atoms with Crippen molar-refractivity contribution in [3.8, 4) is 5.75 Å². The molecule has 144 valence electrons.